The molecule has 1 fully saturated rings. The summed E-state index contributed by atoms with van der Waals surface area (Å²) in [6, 6.07) is 1.65. The lowest BCUT2D eigenvalue weighted by atomic mass is 9.99. The van der Waals surface area contributed by atoms with Gasteiger partial charge in [0.05, 0.1) is 6.54 Å². The quantitative estimate of drug-likeness (QED) is 0.877. The van der Waals surface area contributed by atoms with E-state index < -0.39 is 5.97 Å². The highest BCUT2D eigenvalue weighted by Gasteiger charge is 2.19. The van der Waals surface area contributed by atoms with Crippen LogP contribution in [0.4, 0.5) is 0 Å². The van der Waals surface area contributed by atoms with E-state index in [0.717, 1.165) is 31.3 Å². The van der Waals surface area contributed by atoms with E-state index in [9.17, 15) is 4.79 Å². The highest BCUT2D eigenvalue weighted by atomic mass is 16.4. The van der Waals surface area contributed by atoms with Crippen LogP contribution < -0.4 is 0 Å². The van der Waals surface area contributed by atoms with Gasteiger partial charge < -0.3 is 9.52 Å². The van der Waals surface area contributed by atoms with Gasteiger partial charge in [-0.05, 0) is 44.8 Å². The van der Waals surface area contributed by atoms with Gasteiger partial charge in [-0.2, -0.15) is 0 Å². The number of aromatic carboxylic acids is 1. The minimum atomic E-state index is -0.912. The van der Waals surface area contributed by atoms with Gasteiger partial charge in [0.25, 0.3) is 0 Å². The van der Waals surface area contributed by atoms with Gasteiger partial charge in [0.2, 0.25) is 0 Å². The number of nitrogens with zero attached hydrogens (tertiary/aromatic N) is 1. The van der Waals surface area contributed by atoms with Crippen molar-refractivity contribution in [3.8, 4) is 0 Å². The van der Waals surface area contributed by atoms with Crippen LogP contribution in [-0.4, -0.2) is 29.1 Å². The van der Waals surface area contributed by atoms with Crippen molar-refractivity contribution in [2.24, 2.45) is 5.92 Å². The number of carboxylic acids is 1. The summed E-state index contributed by atoms with van der Waals surface area (Å²) in [6.45, 7) is 6.84. The Morgan fingerprint density at radius 3 is 2.71 bits per heavy atom. The molecule has 0 aliphatic carbocycles. The first-order valence-corrected chi connectivity index (χ1v) is 6.11. The number of likely N-dealkylation sites (tertiary alicyclic amines) is 1. The molecule has 1 aromatic rings. The molecule has 17 heavy (non-hydrogen) atoms. The summed E-state index contributed by atoms with van der Waals surface area (Å²) < 4.78 is 5.48. The van der Waals surface area contributed by atoms with Crippen molar-refractivity contribution in [2.75, 3.05) is 13.1 Å². The third kappa shape index (κ3) is 2.88. The first-order valence-electron chi connectivity index (χ1n) is 6.11. The van der Waals surface area contributed by atoms with Crippen LogP contribution in [0.25, 0.3) is 0 Å². The van der Waals surface area contributed by atoms with Gasteiger partial charge in [0, 0.05) is 0 Å². The molecule has 0 spiro atoms. The Hall–Kier alpha value is -1.29. The van der Waals surface area contributed by atoms with E-state index in [2.05, 4.69) is 11.8 Å². The molecule has 0 unspecified atom stereocenters. The summed E-state index contributed by atoms with van der Waals surface area (Å²) in [5, 5.41) is 8.95. The van der Waals surface area contributed by atoms with E-state index in [1.807, 2.05) is 0 Å². The number of furan rings is 1. The SMILES string of the molecule is Cc1oc(CN2CCC(C)CC2)cc1C(=O)O. The fourth-order valence-electron chi connectivity index (χ4n) is 2.27. The number of carboxylic acid groups (broad SMARTS) is 1. The molecule has 1 aliphatic heterocycles. The van der Waals surface area contributed by atoms with Crippen molar-refractivity contribution in [1.29, 1.82) is 0 Å². The maximum atomic E-state index is 10.9. The van der Waals surface area contributed by atoms with Gasteiger partial charge in [-0.1, -0.05) is 6.92 Å². The van der Waals surface area contributed by atoms with Crippen molar-refractivity contribution in [2.45, 2.75) is 33.2 Å². The van der Waals surface area contributed by atoms with Crippen LogP contribution in [0.3, 0.4) is 0 Å². The van der Waals surface area contributed by atoms with Crippen molar-refractivity contribution >= 4 is 5.97 Å². The highest BCUT2D eigenvalue weighted by Crippen LogP contribution is 2.20. The Balaban J connectivity index is 1.99. The van der Waals surface area contributed by atoms with Gasteiger partial charge in [0.1, 0.15) is 17.1 Å². The van der Waals surface area contributed by atoms with Crippen LogP contribution in [0, 0.1) is 12.8 Å². The van der Waals surface area contributed by atoms with Crippen LogP contribution in [-0.2, 0) is 6.54 Å². The van der Waals surface area contributed by atoms with Crippen LogP contribution in [0.2, 0.25) is 0 Å². The molecule has 2 heterocycles. The van der Waals surface area contributed by atoms with E-state index in [4.69, 9.17) is 9.52 Å². The summed E-state index contributed by atoms with van der Waals surface area (Å²) in [5.74, 6) is 1.15. The van der Waals surface area contributed by atoms with E-state index in [1.54, 1.807) is 13.0 Å². The Morgan fingerprint density at radius 2 is 2.18 bits per heavy atom. The Labute approximate surface area is 101 Å². The zero-order chi connectivity index (χ0) is 12.4. The molecule has 0 radical (unpaired) electrons. The van der Waals surface area contributed by atoms with Gasteiger partial charge in [-0.15, -0.1) is 0 Å². The number of hydrogen-bond donors (Lipinski definition) is 1. The molecule has 4 heteroatoms. The molecule has 0 saturated carbocycles. The topological polar surface area (TPSA) is 53.7 Å². The Kier molecular flexibility index (Phi) is 3.52. The molecule has 0 aromatic carbocycles. The second-order valence-corrected chi connectivity index (χ2v) is 4.95. The monoisotopic (exact) mass is 237 g/mol. The zero-order valence-electron chi connectivity index (χ0n) is 10.4. The molecule has 0 bridgehead atoms. The lowest BCUT2D eigenvalue weighted by Gasteiger charge is -2.29. The highest BCUT2D eigenvalue weighted by molar-refractivity contribution is 5.88. The average molecular weight is 237 g/mol. The predicted molar refractivity (Wildman–Crippen MR) is 64.1 cm³/mol. The normalized spacial score (nSPS) is 18.5. The van der Waals surface area contributed by atoms with Crippen LogP contribution in [0.1, 0.15) is 41.6 Å². The average Bonchev–Trinajstić information content (AvgIpc) is 2.63. The fourth-order valence-corrected chi connectivity index (χ4v) is 2.27. The largest absolute Gasteiger partial charge is 0.478 e. The summed E-state index contributed by atoms with van der Waals surface area (Å²) in [5.41, 5.74) is 0.283. The van der Waals surface area contributed by atoms with Crippen molar-refractivity contribution in [1.82, 2.24) is 4.90 Å². The third-order valence-corrected chi connectivity index (χ3v) is 3.45. The lowest BCUT2D eigenvalue weighted by molar-refractivity contribution is 0.0695. The first-order chi connectivity index (χ1) is 8.06. The maximum absolute atomic E-state index is 10.9. The Morgan fingerprint density at radius 1 is 1.53 bits per heavy atom. The fraction of sp³-hybridized carbons (Fsp3) is 0.615. The molecule has 1 saturated heterocycles. The predicted octanol–water partition coefficient (Wildman–Crippen LogP) is 2.52. The van der Waals surface area contributed by atoms with Gasteiger partial charge in [-0.25, -0.2) is 4.79 Å². The van der Waals surface area contributed by atoms with Gasteiger partial charge >= 0.3 is 5.97 Å². The molecule has 1 aliphatic rings. The summed E-state index contributed by atoms with van der Waals surface area (Å²) >= 11 is 0. The standard InChI is InChI=1S/C13H19NO3/c1-9-3-5-14(6-4-9)8-11-7-12(13(15)16)10(2)17-11/h7,9H,3-6,8H2,1-2H3,(H,15,16). The van der Waals surface area contributed by atoms with E-state index in [1.165, 1.54) is 12.8 Å². The maximum Gasteiger partial charge on any atom is 0.339 e. The summed E-state index contributed by atoms with van der Waals surface area (Å²) in [4.78, 5) is 13.2. The van der Waals surface area contributed by atoms with Crippen LogP contribution in [0.15, 0.2) is 10.5 Å². The van der Waals surface area contributed by atoms with Crippen molar-refractivity contribution in [3.05, 3.63) is 23.2 Å². The number of hydrogen-bond acceptors (Lipinski definition) is 3. The van der Waals surface area contributed by atoms with Gasteiger partial charge in [0.15, 0.2) is 0 Å². The molecule has 0 atom stereocenters. The van der Waals surface area contributed by atoms with Crippen molar-refractivity contribution in [3.63, 3.8) is 0 Å². The van der Waals surface area contributed by atoms with Crippen molar-refractivity contribution < 1.29 is 14.3 Å². The molecule has 94 valence electrons. The second-order valence-electron chi connectivity index (χ2n) is 4.95. The number of aryl methyl sites for hydroxylation is 1. The zero-order valence-corrected chi connectivity index (χ0v) is 10.4. The third-order valence-electron chi connectivity index (χ3n) is 3.45. The summed E-state index contributed by atoms with van der Waals surface area (Å²) in [7, 11) is 0. The number of piperidine rings is 1. The minimum Gasteiger partial charge on any atom is -0.478 e. The molecular formula is C13H19NO3. The molecule has 2 rings (SSSR count). The van der Waals surface area contributed by atoms with Crippen LogP contribution >= 0.6 is 0 Å². The molecular weight excluding hydrogens is 218 g/mol. The Bertz CT molecular complexity index is 403. The lowest BCUT2D eigenvalue weighted by Crippen LogP contribution is -2.32. The number of carbonyl (C=O) groups is 1. The molecule has 1 N–H and O–H groups in total. The molecule has 4 nitrogen and oxygen atoms in total. The first kappa shape index (κ1) is 12.2. The van der Waals surface area contributed by atoms with E-state index >= 15 is 0 Å². The van der Waals surface area contributed by atoms with Crippen LogP contribution in [0.5, 0.6) is 0 Å². The van der Waals surface area contributed by atoms with E-state index in [0.29, 0.717) is 5.76 Å². The second kappa shape index (κ2) is 4.92. The minimum absolute atomic E-state index is 0.283. The smallest absolute Gasteiger partial charge is 0.339 e. The number of rotatable bonds is 3. The molecule has 0 amide bonds. The van der Waals surface area contributed by atoms with E-state index in [-0.39, 0.29) is 5.56 Å². The molecule has 1 aromatic heterocycles. The van der Waals surface area contributed by atoms with Gasteiger partial charge in [-0.3, -0.25) is 4.90 Å². The summed E-state index contributed by atoms with van der Waals surface area (Å²) in [6.07, 6.45) is 2.43.